The van der Waals surface area contributed by atoms with Crippen LogP contribution in [0.3, 0.4) is 0 Å². The number of hydrogen-bond donors (Lipinski definition) is 1. The highest BCUT2D eigenvalue weighted by atomic mass is 35.5. The summed E-state index contributed by atoms with van der Waals surface area (Å²) in [7, 11) is 0. The zero-order valence-electron chi connectivity index (χ0n) is 10.9. The van der Waals surface area contributed by atoms with Crippen molar-refractivity contribution in [1.29, 1.82) is 0 Å². The number of hydrogen-bond acceptors (Lipinski definition) is 4. The van der Waals surface area contributed by atoms with Crippen molar-refractivity contribution in [3.8, 4) is 11.6 Å². The average Bonchev–Trinajstić information content (AvgIpc) is 3.27. The predicted molar refractivity (Wildman–Crippen MR) is 83.4 cm³/mol. The Bertz CT molecular complexity index is 662. The minimum Gasteiger partial charge on any atom is -0.436 e. The van der Waals surface area contributed by atoms with E-state index < -0.39 is 0 Å². The molecule has 7 heteroatoms. The molecule has 1 saturated carbocycles. The molecule has 0 amide bonds. The van der Waals surface area contributed by atoms with E-state index in [0.717, 1.165) is 5.69 Å². The van der Waals surface area contributed by atoms with Crippen molar-refractivity contribution in [2.24, 2.45) is 0 Å². The third-order valence-electron chi connectivity index (χ3n) is 3.00. The van der Waals surface area contributed by atoms with Crippen molar-refractivity contribution in [1.82, 2.24) is 15.3 Å². The van der Waals surface area contributed by atoms with Gasteiger partial charge in [-0.25, -0.2) is 4.98 Å². The van der Waals surface area contributed by atoms with E-state index in [1.807, 2.05) is 0 Å². The summed E-state index contributed by atoms with van der Waals surface area (Å²) in [5.74, 6) is 0.762. The third-order valence-corrected chi connectivity index (χ3v) is 4.02. The maximum absolute atomic E-state index is 6.07. The molecule has 110 valence electrons. The van der Waals surface area contributed by atoms with Gasteiger partial charge < -0.3 is 10.1 Å². The molecule has 3 rings (SSSR count). The first-order valence-electron chi connectivity index (χ1n) is 6.48. The molecule has 0 atom stereocenters. The second-order valence-corrected chi connectivity index (χ2v) is 6.02. The van der Waals surface area contributed by atoms with Gasteiger partial charge in [-0.3, -0.25) is 4.98 Å². The Kier molecular flexibility index (Phi) is 4.50. The van der Waals surface area contributed by atoms with E-state index in [1.165, 1.54) is 25.1 Å². The van der Waals surface area contributed by atoms with E-state index >= 15 is 0 Å². The van der Waals surface area contributed by atoms with Gasteiger partial charge in [0, 0.05) is 24.8 Å². The molecule has 1 fully saturated rings. The Morgan fingerprint density at radius 3 is 2.62 bits per heavy atom. The van der Waals surface area contributed by atoms with Crippen molar-refractivity contribution in [2.45, 2.75) is 25.4 Å². The van der Waals surface area contributed by atoms with Crippen LogP contribution < -0.4 is 10.1 Å². The number of ether oxygens (including phenoxy) is 1. The van der Waals surface area contributed by atoms with Crippen molar-refractivity contribution >= 4 is 34.8 Å². The summed E-state index contributed by atoms with van der Waals surface area (Å²) in [6.45, 7) is 0.671. The smallest absolute Gasteiger partial charge is 0.238 e. The fourth-order valence-electron chi connectivity index (χ4n) is 1.75. The Balaban J connectivity index is 1.74. The zero-order valence-corrected chi connectivity index (χ0v) is 13.2. The number of aromatic nitrogens is 2. The Morgan fingerprint density at radius 2 is 1.86 bits per heavy atom. The summed E-state index contributed by atoms with van der Waals surface area (Å²) >= 11 is 17.9. The van der Waals surface area contributed by atoms with Crippen LogP contribution in [0.15, 0.2) is 24.5 Å². The fraction of sp³-hybridized carbons (Fsp3) is 0.286. The lowest BCUT2D eigenvalue weighted by Crippen LogP contribution is -2.16. The molecule has 1 N–H and O–H groups in total. The van der Waals surface area contributed by atoms with Gasteiger partial charge in [-0.1, -0.05) is 34.8 Å². The van der Waals surface area contributed by atoms with E-state index in [-0.39, 0.29) is 0 Å². The second-order valence-electron chi connectivity index (χ2n) is 4.80. The van der Waals surface area contributed by atoms with E-state index in [2.05, 4.69) is 15.3 Å². The highest BCUT2D eigenvalue weighted by Gasteiger charge is 2.20. The number of nitrogens with one attached hydrogen (secondary N) is 1. The van der Waals surface area contributed by atoms with Crippen LogP contribution in [0.1, 0.15) is 18.5 Å². The fourth-order valence-corrected chi connectivity index (χ4v) is 2.33. The molecule has 1 aliphatic carbocycles. The molecule has 1 heterocycles. The van der Waals surface area contributed by atoms with Crippen molar-refractivity contribution in [3.05, 3.63) is 45.3 Å². The van der Waals surface area contributed by atoms with Gasteiger partial charge in [-0.15, -0.1) is 0 Å². The standard InChI is InChI=1S/C14H12Cl3N3O/c15-10-3-12(17)13(4-11(10)16)21-14-7-18-5-9(20-14)6-19-8-1-2-8/h3-5,7-8,19H,1-2,6H2. The Hall–Kier alpha value is -1.07. The SMILES string of the molecule is Clc1cc(Cl)c(Oc2cncc(CNC3CC3)n2)cc1Cl. The van der Waals surface area contributed by atoms with Gasteiger partial charge in [-0.2, -0.15) is 0 Å². The van der Waals surface area contributed by atoms with Gasteiger partial charge in [0.2, 0.25) is 5.88 Å². The molecule has 0 aliphatic heterocycles. The summed E-state index contributed by atoms with van der Waals surface area (Å²) in [6, 6.07) is 3.70. The van der Waals surface area contributed by atoms with Gasteiger partial charge >= 0.3 is 0 Å². The van der Waals surface area contributed by atoms with E-state index in [1.54, 1.807) is 12.3 Å². The highest BCUT2D eigenvalue weighted by Crippen LogP contribution is 2.35. The maximum atomic E-state index is 6.07. The van der Waals surface area contributed by atoms with Gasteiger partial charge in [0.15, 0.2) is 0 Å². The molecule has 4 nitrogen and oxygen atoms in total. The quantitative estimate of drug-likeness (QED) is 0.812. The molecule has 1 aliphatic rings. The van der Waals surface area contributed by atoms with E-state index in [9.17, 15) is 0 Å². The zero-order chi connectivity index (χ0) is 14.8. The molecule has 0 unspecified atom stereocenters. The van der Waals surface area contributed by atoms with Crippen LogP contribution >= 0.6 is 34.8 Å². The van der Waals surface area contributed by atoms with Gasteiger partial charge in [0.25, 0.3) is 0 Å². The topological polar surface area (TPSA) is 47.0 Å². The summed E-state index contributed by atoms with van der Waals surface area (Å²) in [6.07, 6.45) is 5.68. The van der Waals surface area contributed by atoms with Crippen LogP contribution in [-0.2, 0) is 6.54 Å². The Morgan fingerprint density at radius 1 is 1.10 bits per heavy atom. The molecule has 0 saturated heterocycles. The molecule has 21 heavy (non-hydrogen) atoms. The third kappa shape index (κ3) is 3.98. The van der Waals surface area contributed by atoms with Crippen LogP contribution in [0.4, 0.5) is 0 Å². The lowest BCUT2D eigenvalue weighted by atomic mass is 10.3. The normalized spacial score (nSPS) is 14.2. The molecular formula is C14H12Cl3N3O. The van der Waals surface area contributed by atoms with Crippen molar-refractivity contribution in [2.75, 3.05) is 0 Å². The summed E-state index contributed by atoms with van der Waals surface area (Å²) < 4.78 is 5.63. The number of nitrogens with zero attached hydrogens (tertiary/aromatic N) is 2. The molecular weight excluding hydrogens is 333 g/mol. The summed E-state index contributed by atoms with van der Waals surface area (Å²) in [5, 5.41) is 4.49. The number of benzene rings is 1. The lowest BCUT2D eigenvalue weighted by molar-refractivity contribution is 0.456. The largest absolute Gasteiger partial charge is 0.436 e. The lowest BCUT2D eigenvalue weighted by Gasteiger charge is -2.09. The first kappa shape index (κ1) is 14.9. The second kappa shape index (κ2) is 6.36. The monoisotopic (exact) mass is 343 g/mol. The predicted octanol–water partition coefficient (Wildman–Crippen LogP) is 4.48. The minimum atomic E-state index is 0.366. The molecule has 1 aromatic heterocycles. The molecule has 2 aromatic rings. The van der Waals surface area contributed by atoms with Gasteiger partial charge in [-0.05, 0) is 18.9 Å². The maximum Gasteiger partial charge on any atom is 0.238 e. The van der Waals surface area contributed by atoms with Crippen LogP contribution in [0.2, 0.25) is 15.1 Å². The average molecular weight is 345 g/mol. The van der Waals surface area contributed by atoms with Crippen LogP contribution in [0.5, 0.6) is 11.6 Å². The van der Waals surface area contributed by atoms with Crippen molar-refractivity contribution in [3.63, 3.8) is 0 Å². The van der Waals surface area contributed by atoms with Gasteiger partial charge in [0.1, 0.15) is 5.75 Å². The van der Waals surface area contributed by atoms with Gasteiger partial charge in [0.05, 0.1) is 27.0 Å². The molecule has 0 bridgehead atoms. The minimum absolute atomic E-state index is 0.366. The first-order valence-corrected chi connectivity index (χ1v) is 7.62. The van der Waals surface area contributed by atoms with E-state index in [0.29, 0.717) is 39.3 Å². The van der Waals surface area contributed by atoms with Crippen LogP contribution in [0, 0.1) is 0 Å². The summed E-state index contributed by atoms with van der Waals surface area (Å²) in [5.41, 5.74) is 0.815. The van der Waals surface area contributed by atoms with Crippen LogP contribution in [-0.4, -0.2) is 16.0 Å². The number of rotatable bonds is 5. The van der Waals surface area contributed by atoms with E-state index in [4.69, 9.17) is 39.5 Å². The first-order chi connectivity index (χ1) is 10.1. The molecule has 0 radical (unpaired) electrons. The molecule has 0 spiro atoms. The summed E-state index contributed by atoms with van der Waals surface area (Å²) in [4.78, 5) is 8.50. The molecule has 1 aromatic carbocycles. The highest BCUT2D eigenvalue weighted by molar-refractivity contribution is 6.43. The number of halogens is 3. The van der Waals surface area contributed by atoms with Crippen LogP contribution in [0.25, 0.3) is 0 Å². The Labute approximate surface area is 137 Å². The van der Waals surface area contributed by atoms with Crippen molar-refractivity contribution < 1.29 is 4.74 Å².